The first-order valence-electron chi connectivity index (χ1n) is 7.24. The maximum atomic E-state index is 11.5. The van der Waals surface area contributed by atoms with E-state index in [0.717, 1.165) is 25.7 Å². The summed E-state index contributed by atoms with van der Waals surface area (Å²) in [6.45, 7) is 6.25. The topological polar surface area (TPSA) is 70.6 Å². The second kappa shape index (κ2) is 5.67. The van der Waals surface area contributed by atoms with Crippen LogP contribution in [-0.2, 0) is 4.74 Å². The molecule has 2 saturated carbocycles. The Morgan fingerprint density at radius 3 is 2.47 bits per heavy atom. The number of carbonyl (C=O) groups is 1. The quantitative estimate of drug-likeness (QED) is 0.706. The zero-order valence-corrected chi connectivity index (χ0v) is 12.1. The highest BCUT2D eigenvalue weighted by atomic mass is 16.6. The van der Waals surface area contributed by atoms with Crippen molar-refractivity contribution in [1.82, 2.24) is 10.6 Å². The standard InChI is InChI=1S/C14H26N2O3/c1-14(2,3)19-13(18)16-11-6-10(7-11)15-8-12(17)9-4-5-9/h9-12,15,17H,4-8H2,1-3H3,(H,16,18). The van der Waals surface area contributed by atoms with Crippen molar-refractivity contribution in [2.75, 3.05) is 6.54 Å². The maximum Gasteiger partial charge on any atom is 0.407 e. The lowest BCUT2D eigenvalue weighted by atomic mass is 9.86. The normalized spacial score (nSPS) is 28.4. The van der Waals surface area contributed by atoms with E-state index in [1.54, 1.807) is 0 Å². The van der Waals surface area contributed by atoms with Crippen LogP contribution in [0.25, 0.3) is 0 Å². The van der Waals surface area contributed by atoms with E-state index in [1.807, 2.05) is 20.8 Å². The van der Waals surface area contributed by atoms with Crippen LogP contribution < -0.4 is 10.6 Å². The lowest BCUT2D eigenvalue weighted by Crippen LogP contribution is -2.54. The van der Waals surface area contributed by atoms with Gasteiger partial charge in [-0.05, 0) is 52.4 Å². The molecule has 2 fully saturated rings. The summed E-state index contributed by atoms with van der Waals surface area (Å²) in [5.41, 5.74) is -0.445. The van der Waals surface area contributed by atoms with E-state index in [0.29, 0.717) is 18.5 Å². The van der Waals surface area contributed by atoms with E-state index < -0.39 is 5.60 Å². The first-order chi connectivity index (χ1) is 8.83. The minimum Gasteiger partial charge on any atom is -0.444 e. The number of ether oxygens (including phenoxy) is 1. The van der Waals surface area contributed by atoms with Gasteiger partial charge in [0.05, 0.1) is 6.10 Å². The molecule has 1 amide bonds. The van der Waals surface area contributed by atoms with Gasteiger partial charge in [-0.25, -0.2) is 4.79 Å². The van der Waals surface area contributed by atoms with Crippen molar-refractivity contribution < 1.29 is 14.6 Å². The fourth-order valence-electron chi connectivity index (χ4n) is 2.31. The van der Waals surface area contributed by atoms with Crippen LogP contribution in [0.2, 0.25) is 0 Å². The van der Waals surface area contributed by atoms with Crippen LogP contribution >= 0.6 is 0 Å². The molecule has 0 bridgehead atoms. The third-order valence-electron chi connectivity index (χ3n) is 3.64. The third kappa shape index (κ3) is 4.99. The maximum absolute atomic E-state index is 11.5. The van der Waals surface area contributed by atoms with Crippen molar-refractivity contribution in [3.8, 4) is 0 Å². The van der Waals surface area contributed by atoms with Crippen LogP contribution in [0.4, 0.5) is 4.79 Å². The molecule has 0 saturated heterocycles. The van der Waals surface area contributed by atoms with Gasteiger partial charge < -0.3 is 20.5 Å². The van der Waals surface area contributed by atoms with Crippen molar-refractivity contribution >= 4 is 6.09 Å². The summed E-state index contributed by atoms with van der Waals surface area (Å²) in [6, 6.07) is 0.610. The largest absolute Gasteiger partial charge is 0.444 e. The highest BCUT2D eigenvalue weighted by Crippen LogP contribution is 2.32. The van der Waals surface area contributed by atoms with Crippen LogP contribution in [-0.4, -0.2) is 41.5 Å². The van der Waals surface area contributed by atoms with Gasteiger partial charge in [0.15, 0.2) is 0 Å². The highest BCUT2D eigenvalue weighted by Gasteiger charge is 2.34. The Morgan fingerprint density at radius 2 is 1.95 bits per heavy atom. The summed E-state index contributed by atoms with van der Waals surface area (Å²) in [7, 11) is 0. The summed E-state index contributed by atoms with van der Waals surface area (Å²) in [5, 5.41) is 16.0. The summed E-state index contributed by atoms with van der Waals surface area (Å²) in [5.74, 6) is 0.517. The zero-order chi connectivity index (χ0) is 14.0. The molecule has 5 nitrogen and oxygen atoms in total. The van der Waals surface area contributed by atoms with Crippen molar-refractivity contribution in [2.45, 2.75) is 70.2 Å². The molecule has 19 heavy (non-hydrogen) atoms. The van der Waals surface area contributed by atoms with Crippen molar-refractivity contribution in [1.29, 1.82) is 0 Å². The van der Waals surface area contributed by atoms with Gasteiger partial charge in [-0.15, -0.1) is 0 Å². The molecular formula is C14H26N2O3. The van der Waals surface area contributed by atoms with Crippen molar-refractivity contribution in [2.24, 2.45) is 5.92 Å². The molecule has 3 N–H and O–H groups in total. The van der Waals surface area contributed by atoms with E-state index in [2.05, 4.69) is 10.6 Å². The average Bonchev–Trinajstić information content (AvgIpc) is 3.01. The fourth-order valence-corrected chi connectivity index (χ4v) is 2.31. The Bertz CT molecular complexity index is 317. The van der Waals surface area contributed by atoms with E-state index in [-0.39, 0.29) is 18.2 Å². The Labute approximate surface area is 115 Å². The van der Waals surface area contributed by atoms with Gasteiger partial charge in [-0.1, -0.05) is 0 Å². The molecule has 0 spiro atoms. The number of aliphatic hydroxyl groups excluding tert-OH is 1. The second-order valence-corrected chi connectivity index (χ2v) is 6.82. The molecule has 1 unspecified atom stereocenters. The third-order valence-corrected chi connectivity index (χ3v) is 3.64. The number of aliphatic hydroxyl groups is 1. The Hall–Kier alpha value is -0.810. The molecule has 0 aromatic heterocycles. The van der Waals surface area contributed by atoms with Crippen molar-refractivity contribution in [3.05, 3.63) is 0 Å². The van der Waals surface area contributed by atoms with Gasteiger partial charge in [0.2, 0.25) is 0 Å². The monoisotopic (exact) mass is 270 g/mol. The summed E-state index contributed by atoms with van der Waals surface area (Å²) in [6.07, 6.45) is 3.62. The van der Waals surface area contributed by atoms with Gasteiger partial charge in [-0.3, -0.25) is 0 Å². The Morgan fingerprint density at radius 1 is 1.32 bits per heavy atom. The lowest BCUT2D eigenvalue weighted by Gasteiger charge is -2.37. The average molecular weight is 270 g/mol. The van der Waals surface area contributed by atoms with E-state index in [9.17, 15) is 9.90 Å². The van der Waals surface area contributed by atoms with Crippen molar-refractivity contribution in [3.63, 3.8) is 0 Å². The zero-order valence-electron chi connectivity index (χ0n) is 12.1. The Balaban J connectivity index is 1.54. The number of hydrogen-bond donors (Lipinski definition) is 3. The van der Waals surface area contributed by atoms with Gasteiger partial charge in [-0.2, -0.15) is 0 Å². The van der Waals surface area contributed by atoms with Crippen LogP contribution in [0, 0.1) is 5.92 Å². The molecule has 0 radical (unpaired) electrons. The van der Waals surface area contributed by atoms with Crippen LogP contribution in [0.3, 0.4) is 0 Å². The number of carbonyl (C=O) groups excluding carboxylic acids is 1. The van der Waals surface area contributed by atoms with Gasteiger partial charge in [0.25, 0.3) is 0 Å². The molecule has 0 heterocycles. The van der Waals surface area contributed by atoms with Crippen LogP contribution in [0.15, 0.2) is 0 Å². The van der Waals surface area contributed by atoms with E-state index in [1.165, 1.54) is 0 Å². The summed E-state index contributed by atoms with van der Waals surface area (Å²) in [4.78, 5) is 11.5. The summed E-state index contributed by atoms with van der Waals surface area (Å²) >= 11 is 0. The number of alkyl carbamates (subject to hydrolysis) is 1. The molecule has 110 valence electrons. The van der Waals surface area contributed by atoms with Gasteiger partial charge in [0.1, 0.15) is 5.60 Å². The first kappa shape index (κ1) is 14.6. The number of rotatable bonds is 5. The smallest absolute Gasteiger partial charge is 0.407 e. The minimum absolute atomic E-state index is 0.196. The van der Waals surface area contributed by atoms with E-state index in [4.69, 9.17) is 4.74 Å². The number of amides is 1. The fraction of sp³-hybridized carbons (Fsp3) is 0.929. The molecule has 2 aliphatic rings. The molecule has 0 aliphatic heterocycles. The molecule has 1 atom stereocenters. The van der Waals surface area contributed by atoms with Crippen LogP contribution in [0.5, 0.6) is 0 Å². The number of nitrogens with one attached hydrogen (secondary N) is 2. The predicted molar refractivity (Wildman–Crippen MR) is 72.9 cm³/mol. The van der Waals surface area contributed by atoms with Crippen LogP contribution in [0.1, 0.15) is 46.5 Å². The van der Waals surface area contributed by atoms with Gasteiger partial charge >= 0.3 is 6.09 Å². The highest BCUT2D eigenvalue weighted by molar-refractivity contribution is 5.68. The molecular weight excluding hydrogens is 244 g/mol. The van der Waals surface area contributed by atoms with Gasteiger partial charge in [0, 0.05) is 18.6 Å². The summed E-state index contributed by atoms with van der Waals surface area (Å²) < 4.78 is 5.21. The molecule has 2 aliphatic carbocycles. The SMILES string of the molecule is CC(C)(C)OC(=O)NC1CC(NCC(O)C2CC2)C1. The second-order valence-electron chi connectivity index (χ2n) is 6.82. The molecule has 0 aromatic rings. The lowest BCUT2D eigenvalue weighted by molar-refractivity contribution is 0.0459. The predicted octanol–water partition coefficient (Wildman–Crippen LogP) is 1.40. The van der Waals surface area contributed by atoms with E-state index >= 15 is 0 Å². The Kier molecular flexibility index (Phi) is 4.36. The number of hydrogen-bond acceptors (Lipinski definition) is 4. The first-order valence-corrected chi connectivity index (χ1v) is 7.24. The minimum atomic E-state index is -0.445. The molecule has 0 aromatic carbocycles. The molecule has 2 rings (SSSR count). The molecule has 5 heteroatoms.